The van der Waals surface area contributed by atoms with E-state index in [0.29, 0.717) is 5.56 Å². The van der Waals surface area contributed by atoms with Crippen LogP contribution in [-0.2, 0) is 12.6 Å². The molecular formula is C15H9F4IN2O. The number of amides is 1. The highest BCUT2D eigenvalue weighted by Gasteiger charge is 2.37. The maximum Gasteiger partial charge on any atom is 0.418 e. The molecule has 120 valence electrons. The predicted molar refractivity (Wildman–Crippen MR) is 83.7 cm³/mol. The first-order valence-corrected chi connectivity index (χ1v) is 7.68. The summed E-state index contributed by atoms with van der Waals surface area (Å²) in [6.45, 7) is 0.0423. The van der Waals surface area contributed by atoms with Crippen molar-refractivity contribution in [2.75, 3.05) is 11.4 Å². The highest BCUT2D eigenvalue weighted by atomic mass is 127. The third-order valence-corrected chi connectivity index (χ3v) is 4.45. The van der Waals surface area contributed by atoms with Crippen LogP contribution in [0.5, 0.6) is 0 Å². The number of anilines is 1. The zero-order valence-corrected chi connectivity index (χ0v) is 13.7. The molecule has 0 N–H and O–H groups in total. The minimum Gasteiger partial charge on any atom is -0.306 e. The van der Waals surface area contributed by atoms with E-state index in [1.807, 2.05) is 0 Å². The number of pyridine rings is 1. The summed E-state index contributed by atoms with van der Waals surface area (Å²) in [6.07, 6.45) is -2.25. The van der Waals surface area contributed by atoms with Crippen molar-refractivity contribution in [1.29, 1.82) is 0 Å². The maximum absolute atomic E-state index is 13.6. The minimum absolute atomic E-state index is 0.0423. The normalized spacial score (nSPS) is 14.8. The van der Waals surface area contributed by atoms with Crippen LogP contribution in [0.4, 0.5) is 23.2 Å². The number of hydrogen-bond acceptors (Lipinski definition) is 2. The summed E-state index contributed by atoms with van der Waals surface area (Å²) in [4.78, 5) is 17.3. The zero-order chi connectivity index (χ0) is 16.8. The van der Waals surface area contributed by atoms with Crippen molar-refractivity contribution >= 4 is 34.2 Å². The lowest BCUT2D eigenvalue weighted by Gasteiger charge is -2.30. The molecule has 1 aromatic heterocycles. The number of aromatic nitrogens is 1. The molecule has 2 heterocycles. The van der Waals surface area contributed by atoms with Gasteiger partial charge in [-0.15, -0.1) is 0 Å². The fourth-order valence-electron chi connectivity index (χ4n) is 2.54. The number of fused-ring (bicyclic) bond motifs is 1. The Labute approximate surface area is 142 Å². The number of halogens is 5. The molecule has 0 aliphatic carbocycles. The average molecular weight is 436 g/mol. The second kappa shape index (κ2) is 5.73. The van der Waals surface area contributed by atoms with Crippen LogP contribution in [0.15, 0.2) is 30.6 Å². The first kappa shape index (κ1) is 16.2. The largest absolute Gasteiger partial charge is 0.418 e. The van der Waals surface area contributed by atoms with Gasteiger partial charge in [-0.1, -0.05) is 0 Å². The molecule has 3 nitrogen and oxygen atoms in total. The Kier molecular flexibility index (Phi) is 4.03. The van der Waals surface area contributed by atoms with E-state index < -0.39 is 23.5 Å². The molecule has 23 heavy (non-hydrogen) atoms. The summed E-state index contributed by atoms with van der Waals surface area (Å²) < 4.78 is 53.2. The highest BCUT2D eigenvalue weighted by molar-refractivity contribution is 14.1. The van der Waals surface area contributed by atoms with Crippen molar-refractivity contribution < 1.29 is 22.4 Å². The average Bonchev–Trinajstić information content (AvgIpc) is 2.49. The Balaban J connectivity index is 2.07. The Hall–Kier alpha value is -1.71. The van der Waals surface area contributed by atoms with Gasteiger partial charge in [0.2, 0.25) is 0 Å². The van der Waals surface area contributed by atoms with Gasteiger partial charge < -0.3 is 4.90 Å². The van der Waals surface area contributed by atoms with Crippen molar-refractivity contribution in [2.24, 2.45) is 0 Å². The van der Waals surface area contributed by atoms with Gasteiger partial charge in [-0.2, -0.15) is 13.2 Å². The Morgan fingerprint density at radius 1 is 1.26 bits per heavy atom. The van der Waals surface area contributed by atoms with Crippen molar-refractivity contribution in [3.63, 3.8) is 0 Å². The molecule has 2 aromatic rings. The van der Waals surface area contributed by atoms with Gasteiger partial charge >= 0.3 is 6.18 Å². The molecule has 3 rings (SSSR count). The number of hydrogen-bond donors (Lipinski definition) is 0. The van der Waals surface area contributed by atoms with Gasteiger partial charge in [-0.25, -0.2) is 4.39 Å². The summed E-state index contributed by atoms with van der Waals surface area (Å²) in [5.74, 6) is -1.02. The van der Waals surface area contributed by atoms with E-state index in [4.69, 9.17) is 0 Å². The molecule has 0 radical (unpaired) electrons. The topological polar surface area (TPSA) is 33.2 Å². The molecule has 1 aliphatic rings. The smallest absolute Gasteiger partial charge is 0.306 e. The van der Waals surface area contributed by atoms with Gasteiger partial charge in [-0.05, 0) is 52.8 Å². The van der Waals surface area contributed by atoms with Crippen LogP contribution in [0.1, 0.15) is 21.5 Å². The minimum atomic E-state index is -4.59. The molecule has 0 unspecified atom stereocenters. The van der Waals surface area contributed by atoms with Crippen molar-refractivity contribution in [1.82, 2.24) is 4.98 Å². The van der Waals surface area contributed by atoms with Crippen LogP contribution >= 0.6 is 22.6 Å². The predicted octanol–water partition coefficient (Wildman–Crippen LogP) is 4.05. The molecule has 0 saturated carbocycles. The second-order valence-corrected chi connectivity index (χ2v) is 6.18. The van der Waals surface area contributed by atoms with Crippen molar-refractivity contribution in [2.45, 2.75) is 12.6 Å². The first-order chi connectivity index (χ1) is 10.8. The van der Waals surface area contributed by atoms with Gasteiger partial charge in [0.05, 0.1) is 17.4 Å². The van der Waals surface area contributed by atoms with Crippen LogP contribution in [0, 0.1) is 9.39 Å². The lowest BCUT2D eigenvalue weighted by atomic mass is 9.98. The number of carbonyl (C=O) groups excluding carboxylic acids is 1. The molecule has 0 spiro atoms. The number of benzene rings is 1. The number of carbonyl (C=O) groups is 1. The summed E-state index contributed by atoms with van der Waals surface area (Å²) >= 11 is 1.74. The van der Waals surface area contributed by atoms with Crippen LogP contribution in [0.2, 0.25) is 0 Å². The van der Waals surface area contributed by atoms with E-state index in [0.717, 1.165) is 23.4 Å². The lowest BCUT2D eigenvalue weighted by molar-refractivity contribution is -0.137. The Morgan fingerprint density at radius 3 is 2.70 bits per heavy atom. The monoisotopic (exact) mass is 436 g/mol. The van der Waals surface area contributed by atoms with Crippen molar-refractivity contribution in [3.05, 3.63) is 56.7 Å². The molecule has 1 aliphatic heterocycles. The summed E-state index contributed by atoms with van der Waals surface area (Å²) in [5, 5.41) is 0. The fourth-order valence-corrected chi connectivity index (χ4v) is 3.01. The van der Waals surface area contributed by atoms with Gasteiger partial charge in [0.25, 0.3) is 5.91 Å². The molecule has 0 bridgehead atoms. The quantitative estimate of drug-likeness (QED) is 0.500. The molecule has 0 saturated heterocycles. The number of nitrogens with zero attached hydrogens (tertiary/aromatic N) is 2. The summed E-state index contributed by atoms with van der Waals surface area (Å²) in [6, 6.07) is 3.47. The SMILES string of the molecule is O=C1c2cc(I)c(F)cc2CCN1c1cnccc1C(F)(F)F. The van der Waals surface area contributed by atoms with Crippen molar-refractivity contribution in [3.8, 4) is 0 Å². The van der Waals surface area contributed by atoms with Gasteiger partial charge in [0.1, 0.15) is 5.82 Å². The molecule has 1 amide bonds. The fraction of sp³-hybridized carbons (Fsp3) is 0.200. The molecule has 0 fully saturated rings. The summed E-state index contributed by atoms with van der Waals surface area (Å²) in [5.41, 5.74) is -0.475. The zero-order valence-electron chi connectivity index (χ0n) is 11.5. The molecule has 0 atom stereocenters. The standard InChI is InChI=1S/C15H9F4IN2O/c16-11-5-8-2-4-22(14(23)9(8)6-12(11)20)13-7-21-3-1-10(13)15(17,18)19/h1,3,5-7H,2,4H2. The second-order valence-electron chi connectivity index (χ2n) is 5.02. The van der Waals surface area contributed by atoms with E-state index in [1.54, 1.807) is 22.6 Å². The lowest BCUT2D eigenvalue weighted by Crippen LogP contribution is -2.39. The Bertz CT molecular complexity index is 792. The van der Waals surface area contributed by atoms with E-state index in [2.05, 4.69) is 4.98 Å². The summed E-state index contributed by atoms with van der Waals surface area (Å²) in [7, 11) is 0. The molecule has 8 heteroatoms. The number of alkyl halides is 3. The van der Waals surface area contributed by atoms with E-state index in [1.165, 1.54) is 12.1 Å². The van der Waals surface area contributed by atoms with Gasteiger partial charge in [0.15, 0.2) is 0 Å². The van der Waals surface area contributed by atoms with Crippen LogP contribution in [-0.4, -0.2) is 17.4 Å². The number of rotatable bonds is 1. The third kappa shape index (κ3) is 2.91. The van der Waals surface area contributed by atoms with Gasteiger partial charge in [-0.3, -0.25) is 9.78 Å². The maximum atomic E-state index is 13.6. The molecule has 1 aromatic carbocycles. The van der Waals surface area contributed by atoms with Gasteiger partial charge in [0, 0.05) is 21.9 Å². The van der Waals surface area contributed by atoms with Crippen LogP contribution in [0.3, 0.4) is 0 Å². The van der Waals surface area contributed by atoms with E-state index >= 15 is 0 Å². The van der Waals surface area contributed by atoms with Crippen LogP contribution < -0.4 is 4.90 Å². The van der Waals surface area contributed by atoms with Crippen LogP contribution in [0.25, 0.3) is 0 Å². The third-order valence-electron chi connectivity index (χ3n) is 3.62. The first-order valence-electron chi connectivity index (χ1n) is 6.60. The van der Waals surface area contributed by atoms with E-state index in [9.17, 15) is 22.4 Å². The Morgan fingerprint density at radius 2 is 2.00 bits per heavy atom. The van der Waals surface area contributed by atoms with E-state index in [-0.39, 0.29) is 27.8 Å². The highest BCUT2D eigenvalue weighted by Crippen LogP contribution is 2.37. The molecular weight excluding hydrogens is 427 g/mol.